The summed E-state index contributed by atoms with van der Waals surface area (Å²) in [5, 5.41) is 0. The van der Waals surface area contributed by atoms with Crippen LogP contribution in [0, 0.1) is 33.8 Å². The van der Waals surface area contributed by atoms with Gasteiger partial charge in [0, 0.05) is 0 Å². The van der Waals surface area contributed by atoms with E-state index >= 15 is 0 Å². The Bertz CT molecular complexity index is 344. The molecule has 0 unspecified atom stereocenters. The first-order valence-electron chi connectivity index (χ1n) is 4.69. The van der Waals surface area contributed by atoms with Gasteiger partial charge in [-0.25, -0.2) is 0 Å². The van der Waals surface area contributed by atoms with Crippen LogP contribution < -0.4 is 0 Å². The molecule has 0 heterocycles. The molecule has 13 heavy (non-hydrogen) atoms. The molecule has 0 aliphatic rings. The second-order valence-corrected chi connectivity index (χ2v) is 3.57. The second kappa shape index (κ2) is 3.78. The van der Waals surface area contributed by atoms with Crippen LogP contribution in [0.25, 0.3) is 0 Å². The lowest BCUT2D eigenvalue weighted by atomic mass is 9.94. The molecule has 0 fully saturated rings. The highest BCUT2D eigenvalue weighted by Gasteiger charge is 2.04. The first-order chi connectivity index (χ1) is 6.07. The van der Waals surface area contributed by atoms with E-state index in [1.807, 2.05) is 13.0 Å². The number of rotatable bonds is 1. The van der Waals surface area contributed by atoms with Crippen molar-refractivity contribution in [1.82, 2.24) is 0 Å². The number of hydrogen-bond donors (Lipinski definition) is 0. The molecule has 1 radical (unpaired) electrons. The summed E-state index contributed by atoms with van der Waals surface area (Å²) in [5.41, 5.74) is 6.69. The van der Waals surface area contributed by atoms with Gasteiger partial charge in [0.05, 0.1) is 0 Å². The van der Waals surface area contributed by atoms with Gasteiger partial charge in [-0.2, -0.15) is 0 Å². The molecule has 1 aromatic carbocycles. The lowest BCUT2D eigenvalue weighted by Crippen LogP contribution is -1.94. The van der Waals surface area contributed by atoms with Crippen LogP contribution in [0.3, 0.4) is 0 Å². The molecule has 0 aliphatic heterocycles. The van der Waals surface area contributed by atoms with Crippen molar-refractivity contribution in [2.45, 2.75) is 34.6 Å². The quantitative estimate of drug-likeness (QED) is 0.608. The van der Waals surface area contributed by atoms with Crippen LogP contribution in [-0.4, -0.2) is 0 Å². The Hall–Kier alpha value is -1.04. The molecule has 0 saturated carbocycles. The van der Waals surface area contributed by atoms with Crippen LogP contribution in [0.15, 0.2) is 12.1 Å². The predicted molar refractivity (Wildman–Crippen MR) is 58.0 cm³/mol. The van der Waals surface area contributed by atoms with E-state index in [1.165, 1.54) is 27.8 Å². The van der Waals surface area contributed by atoms with Gasteiger partial charge in [0.25, 0.3) is 0 Å². The molecule has 0 N–H and O–H groups in total. The van der Waals surface area contributed by atoms with Crippen LogP contribution in [0.2, 0.25) is 0 Å². The van der Waals surface area contributed by atoms with E-state index in [1.54, 1.807) is 0 Å². The predicted octanol–water partition coefficient (Wildman–Crippen LogP) is 3.65. The van der Waals surface area contributed by atoms with Crippen molar-refractivity contribution >= 4 is 0 Å². The first-order valence-corrected chi connectivity index (χ1v) is 4.69. The molecular weight excluding hydrogens is 156 g/mol. The van der Waals surface area contributed by atoms with E-state index in [0.717, 1.165) is 0 Å². The van der Waals surface area contributed by atoms with Gasteiger partial charge in [-0.1, -0.05) is 12.1 Å². The zero-order valence-corrected chi connectivity index (χ0v) is 9.15. The zero-order chi connectivity index (χ0) is 10.0. The largest absolute Gasteiger partial charge is 0.0791 e. The highest BCUT2D eigenvalue weighted by molar-refractivity contribution is 5.46. The summed E-state index contributed by atoms with van der Waals surface area (Å²) in [6, 6.07) is 2.23. The van der Waals surface area contributed by atoms with E-state index in [4.69, 9.17) is 0 Å². The van der Waals surface area contributed by atoms with Crippen molar-refractivity contribution in [2.24, 2.45) is 0 Å². The fourth-order valence-corrected chi connectivity index (χ4v) is 1.65. The van der Waals surface area contributed by atoms with Gasteiger partial charge in [0.15, 0.2) is 0 Å². The van der Waals surface area contributed by atoms with Gasteiger partial charge in [-0.3, -0.25) is 0 Å². The standard InChI is InChI=1S/C13H17/c1-6-7-13-10(3)8-9(2)11(4)12(13)5/h6,8H,1-5H3. The van der Waals surface area contributed by atoms with E-state index < -0.39 is 0 Å². The maximum Gasteiger partial charge on any atom is -0.0120 e. The molecule has 0 bridgehead atoms. The van der Waals surface area contributed by atoms with Crippen LogP contribution in [0.5, 0.6) is 0 Å². The molecular formula is C13H17. The maximum absolute atomic E-state index is 3.29. The minimum atomic E-state index is 1.26. The molecule has 0 heteroatoms. The van der Waals surface area contributed by atoms with Crippen molar-refractivity contribution in [2.75, 3.05) is 0 Å². The first kappa shape index (κ1) is 10.0. The zero-order valence-electron chi connectivity index (χ0n) is 9.15. The van der Waals surface area contributed by atoms with Crippen LogP contribution in [0.4, 0.5) is 0 Å². The fourth-order valence-electron chi connectivity index (χ4n) is 1.65. The van der Waals surface area contributed by atoms with E-state index in [9.17, 15) is 0 Å². The third kappa shape index (κ3) is 1.82. The molecule has 0 saturated heterocycles. The molecule has 1 aromatic rings. The minimum absolute atomic E-state index is 1.26. The van der Waals surface area contributed by atoms with Crippen molar-refractivity contribution in [3.05, 3.63) is 46.0 Å². The SMILES string of the molecule is C/C=[C]/c1c(C)cc(C)c(C)c1C. The molecule has 0 spiro atoms. The third-order valence-corrected chi connectivity index (χ3v) is 2.65. The Morgan fingerprint density at radius 1 is 1.00 bits per heavy atom. The third-order valence-electron chi connectivity index (χ3n) is 2.65. The number of hydrogen-bond acceptors (Lipinski definition) is 0. The van der Waals surface area contributed by atoms with Crippen molar-refractivity contribution in [3.63, 3.8) is 0 Å². The van der Waals surface area contributed by atoms with Crippen LogP contribution in [0.1, 0.15) is 34.7 Å². The van der Waals surface area contributed by atoms with Crippen molar-refractivity contribution < 1.29 is 0 Å². The smallest absolute Gasteiger partial charge is 0.0120 e. The number of allylic oxidation sites excluding steroid dienone is 1. The van der Waals surface area contributed by atoms with Gasteiger partial charge >= 0.3 is 0 Å². The fraction of sp³-hybridized carbons (Fsp3) is 0.385. The average Bonchev–Trinajstić information content (AvgIpc) is 2.09. The summed E-state index contributed by atoms with van der Waals surface area (Å²) in [4.78, 5) is 0. The molecule has 0 aromatic heterocycles. The Kier molecular flexibility index (Phi) is 2.92. The topological polar surface area (TPSA) is 0 Å². The average molecular weight is 173 g/mol. The van der Waals surface area contributed by atoms with Crippen LogP contribution in [-0.2, 0) is 0 Å². The molecule has 0 atom stereocenters. The Labute approximate surface area is 81.3 Å². The molecule has 69 valence electrons. The Morgan fingerprint density at radius 3 is 2.15 bits per heavy atom. The summed E-state index contributed by atoms with van der Waals surface area (Å²) < 4.78 is 0. The number of aryl methyl sites for hydroxylation is 2. The maximum atomic E-state index is 3.29. The summed E-state index contributed by atoms with van der Waals surface area (Å²) in [6.07, 6.45) is 5.26. The Morgan fingerprint density at radius 2 is 1.62 bits per heavy atom. The van der Waals surface area contributed by atoms with Gasteiger partial charge in [-0.05, 0) is 68.5 Å². The Balaban J connectivity index is 3.43. The van der Waals surface area contributed by atoms with Crippen molar-refractivity contribution in [1.29, 1.82) is 0 Å². The van der Waals surface area contributed by atoms with E-state index in [2.05, 4.69) is 39.8 Å². The monoisotopic (exact) mass is 173 g/mol. The van der Waals surface area contributed by atoms with Gasteiger partial charge in [0.1, 0.15) is 0 Å². The van der Waals surface area contributed by atoms with Gasteiger partial charge in [-0.15, -0.1) is 0 Å². The molecule has 0 nitrogen and oxygen atoms in total. The normalized spacial score (nSPS) is 11.2. The van der Waals surface area contributed by atoms with Crippen molar-refractivity contribution in [3.8, 4) is 0 Å². The molecule has 1 rings (SSSR count). The van der Waals surface area contributed by atoms with Gasteiger partial charge in [0.2, 0.25) is 0 Å². The lowest BCUT2D eigenvalue weighted by Gasteiger charge is -2.11. The van der Waals surface area contributed by atoms with E-state index in [-0.39, 0.29) is 0 Å². The van der Waals surface area contributed by atoms with E-state index in [0.29, 0.717) is 0 Å². The minimum Gasteiger partial charge on any atom is -0.0791 e. The molecule has 0 amide bonds. The summed E-state index contributed by atoms with van der Waals surface area (Å²) in [5.74, 6) is 0. The second-order valence-electron chi connectivity index (χ2n) is 3.57. The number of benzene rings is 1. The van der Waals surface area contributed by atoms with Crippen LogP contribution >= 0.6 is 0 Å². The summed E-state index contributed by atoms with van der Waals surface area (Å²) >= 11 is 0. The highest BCUT2D eigenvalue weighted by atomic mass is 14.1. The molecule has 0 aliphatic carbocycles. The highest BCUT2D eigenvalue weighted by Crippen LogP contribution is 2.21. The summed E-state index contributed by atoms with van der Waals surface area (Å²) in [7, 11) is 0. The van der Waals surface area contributed by atoms with Gasteiger partial charge < -0.3 is 0 Å². The summed E-state index contributed by atoms with van der Waals surface area (Å²) in [6.45, 7) is 10.7. The lowest BCUT2D eigenvalue weighted by molar-refractivity contribution is 1.20.